The van der Waals surface area contributed by atoms with Crippen LogP contribution in [0.1, 0.15) is 20.8 Å². The molecule has 24 heavy (non-hydrogen) atoms. The summed E-state index contributed by atoms with van der Waals surface area (Å²) in [4.78, 5) is 23.2. The van der Waals surface area contributed by atoms with Crippen LogP contribution in [0.2, 0.25) is 0 Å². The number of nitrogens with zero attached hydrogens (tertiary/aromatic N) is 1. The molecule has 0 bridgehead atoms. The van der Waals surface area contributed by atoms with Crippen LogP contribution in [-0.2, 0) is 11.8 Å². The number of para-hydroxylation sites is 1. The minimum absolute atomic E-state index is 0.0569. The number of carbonyl (C=O) groups excluding carboxylic acids is 1. The molecular formula is C18H14FNO4. The summed E-state index contributed by atoms with van der Waals surface area (Å²) in [7, 11) is 2.82. The van der Waals surface area contributed by atoms with Gasteiger partial charge < -0.3 is 14.4 Å². The smallest absolute Gasteiger partial charge is 0.353 e. The zero-order valence-electron chi connectivity index (χ0n) is 13.0. The molecule has 0 aliphatic carbocycles. The van der Waals surface area contributed by atoms with Crippen molar-refractivity contribution in [3.05, 3.63) is 59.5 Å². The van der Waals surface area contributed by atoms with Crippen LogP contribution < -0.4 is 0 Å². The Morgan fingerprint density at radius 2 is 1.88 bits per heavy atom. The molecule has 1 N–H and O–H groups in total. The van der Waals surface area contributed by atoms with E-state index in [0.717, 1.165) is 11.6 Å². The number of aromatic carboxylic acids is 1. The van der Waals surface area contributed by atoms with E-state index in [9.17, 15) is 19.1 Å². The van der Waals surface area contributed by atoms with Crippen LogP contribution in [0.5, 0.6) is 0 Å². The van der Waals surface area contributed by atoms with E-state index >= 15 is 0 Å². The van der Waals surface area contributed by atoms with Gasteiger partial charge in [0.1, 0.15) is 11.5 Å². The van der Waals surface area contributed by atoms with E-state index in [1.165, 1.54) is 19.2 Å². The third kappa shape index (κ3) is 2.32. The van der Waals surface area contributed by atoms with Gasteiger partial charge in [-0.1, -0.05) is 24.3 Å². The molecule has 2 aromatic carbocycles. The van der Waals surface area contributed by atoms with E-state index in [1.807, 2.05) is 0 Å². The van der Waals surface area contributed by atoms with Gasteiger partial charge in [0.05, 0.1) is 12.7 Å². The Hall–Kier alpha value is -3.15. The SMILES string of the molecule is COC(=O)c1ccc(-c2c(C(=O)O)n(C)c3ccccc23)cc1F. The number of aryl methyl sites for hydroxylation is 1. The summed E-state index contributed by atoms with van der Waals surface area (Å²) in [5.41, 5.74) is 1.38. The first kappa shape index (κ1) is 15.7. The lowest BCUT2D eigenvalue weighted by molar-refractivity contribution is 0.0594. The predicted molar refractivity (Wildman–Crippen MR) is 86.6 cm³/mol. The Labute approximate surface area is 136 Å². The molecule has 0 aliphatic heterocycles. The number of methoxy groups -OCH3 is 1. The number of aromatic nitrogens is 1. The number of hydrogen-bond acceptors (Lipinski definition) is 3. The lowest BCUT2D eigenvalue weighted by Crippen LogP contribution is -2.07. The normalized spacial score (nSPS) is 10.8. The average molecular weight is 327 g/mol. The molecule has 0 aliphatic rings. The number of rotatable bonds is 3. The fraction of sp³-hybridized carbons (Fsp3) is 0.111. The van der Waals surface area contributed by atoms with E-state index in [-0.39, 0.29) is 11.3 Å². The maximum atomic E-state index is 14.3. The molecule has 3 aromatic rings. The highest BCUT2D eigenvalue weighted by Crippen LogP contribution is 2.35. The number of carbonyl (C=O) groups is 2. The topological polar surface area (TPSA) is 68.5 Å². The van der Waals surface area contributed by atoms with E-state index in [0.29, 0.717) is 16.5 Å². The largest absolute Gasteiger partial charge is 0.477 e. The molecule has 0 saturated carbocycles. The molecule has 0 spiro atoms. The molecule has 1 heterocycles. The summed E-state index contributed by atoms with van der Waals surface area (Å²) in [6, 6.07) is 11.1. The molecular weight excluding hydrogens is 313 g/mol. The van der Waals surface area contributed by atoms with E-state index in [1.54, 1.807) is 35.9 Å². The third-order valence-corrected chi connectivity index (χ3v) is 3.97. The van der Waals surface area contributed by atoms with E-state index in [2.05, 4.69) is 4.74 Å². The number of esters is 1. The van der Waals surface area contributed by atoms with Gasteiger partial charge in [-0.15, -0.1) is 0 Å². The average Bonchev–Trinajstić information content (AvgIpc) is 2.87. The standard InChI is InChI=1S/C18H14FNO4/c1-20-14-6-4-3-5-12(14)15(16(20)17(21)22)10-7-8-11(13(19)9-10)18(23)24-2/h3-9H,1-2H3,(H,21,22). The Morgan fingerprint density at radius 1 is 1.17 bits per heavy atom. The van der Waals surface area contributed by atoms with Crippen molar-refractivity contribution < 1.29 is 23.8 Å². The first-order valence-electron chi connectivity index (χ1n) is 7.14. The van der Waals surface area contributed by atoms with Gasteiger partial charge in [0.2, 0.25) is 0 Å². The van der Waals surface area contributed by atoms with Gasteiger partial charge in [-0.05, 0) is 23.8 Å². The minimum Gasteiger partial charge on any atom is -0.477 e. The summed E-state index contributed by atoms with van der Waals surface area (Å²) in [6.45, 7) is 0. The van der Waals surface area contributed by atoms with Gasteiger partial charge in [0.15, 0.2) is 0 Å². The Bertz CT molecular complexity index is 975. The molecule has 0 saturated heterocycles. The summed E-state index contributed by atoms with van der Waals surface area (Å²) in [6.07, 6.45) is 0. The van der Waals surface area contributed by atoms with Crippen molar-refractivity contribution in [3.8, 4) is 11.1 Å². The number of ether oxygens (including phenoxy) is 1. The molecule has 0 unspecified atom stereocenters. The maximum absolute atomic E-state index is 14.3. The molecule has 122 valence electrons. The van der Waals surface area contributed by atoms with Crippen molar-refractivity contribution in [2.24, 2.45) is 7.05 Å². The van der Waals surface area contributed by atoms with Crippen LogP contribution in [-0.4, -0.2) is 28.7 Å². The van der Waals surface area contributed by atoms with Crippen LogP contribution in [0.3, 0.4) is 0 Å². The number of carboxylic acid groups (broad SMARTS) is 1. The third-order valence-electron chi connectivity index (χ3n) is 3.97. The molecule has 1 aromatic heterocycles. The van der Waals surface area contributed by atoms with Crippen molar-refractivity contribution in [3.63, 3.8) is 0 Å². The molecule has 6 heteroatoms. The maximum Gasteiger partial charge on any atom is 0.353 e. The first-order valence-corrected chi connectivity index (χ1v) is 7.14. The van der Waals surface area contributed by atoms with Gasteiger partial charge in [0.25, 0.3) is 0 Å². The highest BCUT2D eigenvalue weighted by Gasteiger charge is 2.23. The van der Waals surface area contributed by atoms with Crippen molar-refractivity contribution in [1.82, 2.24) is 4.57 Å². The predicted octanol–water partition coefficient (Wildman–Crippen LogP) is 3.47. The van der Waals surface area contributed by atoms with Crippen LogP contribution in [0.4, 0.5) is 4.39 Å². The van der Waals surface area contributed by atoms with Crippen molar-refractivity contribution in [2.75, 3.05) is 7.11 Å². The van der Waals surface area contributed by atoms with Crippen molar-refractivity contribution in [2.45, 2.75) is 0 Å². The second-order valence-electron chi connectivity index (χ2n) is 5.29. The number of carboxylic acids is 1. The highest BCUT2D eigenvalue weighted by atomic mass is 19.1. The number of halogens is 1. The lowest BCUT2D eigenvalue weighted by atomic mass is 10.00. The van der Waals surface area contributed by atoms with Gasteiger partial charge >= 0.3 is 11.9 Å². The van der Waals surface area contributed by atoms with Crippen molar-refractivity contribution >= 4 is 22.8 Å². The molecule has 0 amide bonds. The second kappa shape index (κ2) is 5.81. The van der Waals surface area contributed by atoms with Crippen LogP contribution >= 0.6 is 0 Å². The summed E-state index contributed by atoms with van der Waals surface area (Å²) in [5.74, 6) is -2.65. The van der Waals surface area contributed by atoms with Gasteiger partial charge in [-0.3, -0.25) is 0 Å². The first-order chi connectivity index (χ1) is 11.5. The monoisotopic (exact) mass is 327 g/mol. The Morgan fingerprint density at radius 3 is 2.50 bits per heavy atom. The summed E-state index contributed by atoms with van der Waals surface area (Å²) < 4.78 is 20.3. The molecule has 5 nitrogen and oxygen atoms in total. The zero-order valence-corrected chi connectivity index (χ0v) is 13.0. The highest BCUT2D eigenvalue weighted by molar-refractivity contribution is 6.08. The van der Waals surface area contributed by atoms with E-state index < -0.39 is 17.8 Å². The lowest BCUT2D eigenvalue weighted by Gasteiger charge is -2.06. The quantitative estimate of drug-likeness (QED) is 0.748. The molecule has 0 fully saturated rings. The Balaban J connectivity index is 2.30. The molecule has 0 radical (unpaired) electrons. The molecule has 0 atom stereocenters. The number of fused-ring (bicyclic) bond motifs is 1. The summed E-state index contributed by atoms with van der Waals surface area (Å²) in [5, 5.41) is 10.3. The van der Waals surface area contributed by atoms with Crippen LogP contribution in [0.25, 0.3) is 22.0 Å². The van der Waals surface area contributed by atoms with Gasteiger partial charge in [-0.2, -0.15) is 0 Å². The van der Waals surface area contributed by atoms with Gasteiger partial charge in [-0.25, -0.2) is 14.0 Å². The number of benzene rings is 2. The van der Waals surface area contributed by atoms with Crippen molar-refractivity contribution in [1.29, 1.82) is 0 Å². The van der Waals surface area contributed by atoms with Crippen LogP contribution in [0.15, 0.2) is 42.5 Å². The minimum atomic E-state index is -1.11. The fourth-order valence-corrected chi connectivity index (χ4v) is 2.88. The second-order valence-corrected chi connectivity index (χ2v) is 5.29. The van der Waals surface area contributed by atoms with Crippen LogP contribution in [0, 0.1) is 5.82 Å². The number of hydrogen-bond donors (Lipinski definition) is 1. The van der Waals surface area contributed by atoms with Gasteiger partial charge in [0, 0.05) is 23.5 Å². The molecule has 3 rings (SSSR count). The van der Waals surface area contributed by atoms with E-state index in [4.69, 9.17) is 0 Å². The Kier molecular flexibility index (Phi) is 3.81. The summed E-state index contributed by atoms with van der Waals surface area (Å²) >= 11 is 0. The fourth-order valence-electron chi connectivity index (χ4n) is 2.88. The zero-order chi connectivity index (χ0) is 17.4.